The predicted molar refractivity (Wildman–Crippen MR) is 120 cm³/mol. The molecule has 2 aliphatic rings. The molecular formula is C23H24N6S. The van der Waals surface area contributed by atoms with Crippen LogP contribution < -0.4 is 16.2 Å². The Kier molecular flexibility index (Phi) is 4.42. The van der Waals surface area contributed by atoms with Crippen LogP contribution in [-0.2, 0) is 0 Å². The number of H-pyrrole nitrogens is 1. The summed E-state index contributed by atoms with van der Waals surface area (Å²) in [6, 6.07) is 11.5. The molecule has 3 aromatic heterocycles. The molecule has 4 unspecified atom stereocenters. The highest BCUT2D eigenvalue weighted by atomic mass is 32.1. The summed E-state index contributed by atoms with van der Waals surface area (Å²) >= 11 is 1.72. The van der Waals surface area contributed by atoms with Gasteiger partial charge in [0.05, 0.1) is 17.1 Å². The maximum Gasteiger partial charge on any atom is 0.126 e. The first kappa shape index (κ1) is 18.2. The molecule has 0 spiro atoms. The topological polar surface area (TPSA) is 77.7 Å². The van der Waals surface area contributed by atoms with Crippen molar-refractivity contribution in [1.82, 2.24) is 31.1 Å². The second-order valence-electron chi connectivity index (χ2n) is 8.30. The van der Waals surface area contributed by atoms with Gasteiger partial charge in [0.25, 0.3) is 0 Å². The van der Waals surface area contributed by atoms with Gasteiger partial charge in [-0.1, -0.05) is 12.1 Å². The molecular weight excluding hydrogens is 392 g/mol. The minimum absolute atomic E-state index is 0.152. The number of aryl methyl sites for hydroxylation is 1. The van der Waals surface area contributed by atoms with E-state index in [0.717, 1.165) is 29.8 Å². The van der Waals surface area contributed by atoms with E-state index in [0.29, 0.717) is 18.0 Å². The maximum atomic E-state index is 5.07. The highest BCUT2D eigenvalue weighted by Crippen LogP contribution is 2.39. The fourth-order valence-electron chi connectivity index (χ4n) is 4.97. The number of rotatable bonds is 3. The van der Waals surface area contributed by atoms with Crippen LogP contribution in [0.3, 0.4) is 0 Å². The van der Waals surface area contributed by atoms with Gasteiger partial charge in [-0.05, 0) is 59.0 Å². The standard InChI is InChI=1S/C23H24N6S/c1-13-5-7-24-10-17(13)19-9-16-20(11-25-19)28-29-22(16)23-26-18-4-2-3-15(21(18)27-23)14-6-8-30-12-14/h2-8,10,12,16,19-20,22,25,28-29H,9,11H2,1H3,(H,26,27). The van der Waals surface area contributed by atoms with Gasteiger partial charge in [-0.15, -0.1) is 0 Å². The molecule has 5 heterocycles. The van der Waals surface area contributed by atoms with Crippen molar-refractivity contribution in [1.29, 1.82) is 0 Å². The van der Waals surface area contributed by atoms with Crippen LogP contribution in [0.4, 0.5) is 0 Å². The third-order valence-corrected chi connectivity index (χ3v) is 7.26. The van der Waals surface area contributed by atoms with E-state index in [-0.39, 0.29) is 6.04 Å². The van der Waals surface area contributed by atoms with Gasteiger partial charge in [0.15, 0.2) is 0 Å². The summed E-state index contributed by atoms with van der Waals surface area (Å²) in [4.78, 5) is 13.0. The third kappa shape index (κ3) is 2.97. The first-order chi connectivity index (χ1) is 14.8. The molecule has 0 radical (unpaired) electrons. The summed E-state index contributed by atoms with van der Waals surface area (Å²) in [5.74, 6) is 1.46. The van der Waals surface area contributed by atoms with Gasteiger partial charge >= 0.3 is 0 Å². The lowest BCUT2D eigenvalue weighted by atomic mass is 9.82. The molecule has 1 aromatic carbocycles. The minimum Gasteiger partial charge on any atom is -0.341 e. The van der Waals surface area contributed by atoms with Crippen molar-refractivity contribution in [2.45, 2.75) is 31.5 Å². The number of aromatic amines is 1. The average Bonchev–Trinajstić information content (AvgIpc) is 3.51. The van der Waals surface area contributed by atoms with E-state index >= 15 is 0 Å². The number of para-hydroxylation sites is 1. The molecule has 152 valence electrons. The average molecular weight is 417 g/mol. The first-order valence-electron chi connectivity index (χ1n) is 10.4. The smallest absolute Gasteiger partial charge is 0.126 e. The number of pyridine rings is 1. The van der Waals surface area contributed by atoms with E-state index < -0.39 is 0 Å². The largest absolute Gasteiger partial charge is 0.341 e. The summed E-state index contributed by atoms with van der Waals surface area (Å²) in [7, 11) is 0. The number of benzene rings is 1. The number of hydrazine groups is 1. The highest BCUT2D eigenvalue weighted by Gasteiger charge is 2.42. The zero-order valence-corrected chi connectivity index (χ0v) is 17.5. The molecule has 4 aromatic rings. The van der Waals surface area contributed by atoms with Crippen LogP contribution in [0.15, 0.2) is 53.5 Å². The summed E-state index contributed by atoms with van der Waals surface area (Å²) < 4.78 is 0. The Labute approximate surface area is 179 Å². The molecule has 0 bridgehead atoms. The Bertz CT molecular complexity index is 1180. The zero-order chi connectivity index (χ0) is 20.1. The van der Waals surface area contributed by atoms with E-state index in [1.165, 1.54) is 22.3 Å². The highest BCUT2D eigenvalue weighted by molar-refractivity contribution is 7.08. The first-order valence-corrected chi connectivity index (χ1v) is 11.4. The summed E-state index contributed by atoms with van der Waals surface area (Å²) in [6.07, 6.45) is 4.91. The van der Waals surface area contributed by atoms with Crippen LogP contribution in [0.1, 0.15) is 35.5 Å². The Morgan fingerprint density at radius 2 is 2.10 bits per heavy atom. The molecule has 0 aliphatic carbocycles. The van der Waals surface area contributed by atoms with Crippen LogP contribution >= 0.6 is 11.3 Å². The lowest BCUT2D eigenvalue weighted by molar-refractivity contribution is 0.263. The Hall–Kier alpha value is -2.58. The maximum absolute atomic E-state index is 5.07. The summed E-state index contributed by atoms with van der Waals surface area (Å²) in [5, 5.41) is 8.00. The molecule has 2 aliphatic heterocycles. The van der Waals surface area contributed by atoms with Gasteiger partial charge in [0.2, 0.25) is 0 Å². The number of imidazole rings is 1. The van der Waals surface area contributed by atoms with Crippen molar-refractivity contribution < 1.29 is 0 Å². The van der Waals surface area contributed by atoms with Gasteiger partial charge in [0.1, 0.15) is 5.82 Å². The normalized spacial score (nSPS) is 26.2. The molecule has 6 rings (SSSR count). The number of aromatic nitrogens is 3. The Balaban J connectivity index is 1.34. The monoisotopic (exact) mass is 416 g/mol. The van der Waals surface area contributed by atoms with Crippen molar-refractivity contribution in [3.05, 3.63) is 70.4 Å². The Morgan fingerprint density at radius 3 is 2.97 bits per heavy atom. The second kappa shape index (κ2) is 7.28. The second-order valence-corrected chi connectivity index (χ2v) is 9.08. The van der Waals surface area contributed by atoms with Crippen molar-refractivity contribution in [2.24, 2.45) is 5.92 Å². The molecule has 2 saturated heterocycles. The van der Waals surface area contributed by atoms with E-state index in [1.54, 1.807) is 11.3 Å². The SMILES string of the molecule is Cc1ccncc1C1CC2C(CN1)NNC2c1nc2c(-c3ccsc3)cccc2[nH]1. The number of fused-ring (bicyclic) bond motifs is 2. The van der Waals surface area contributed by atoms with Crippen molar-refractivity contribution in [3.63, 3.8) is 0 Å². The number of hydrogen-bond acceptors (Lipinski definition) is 6. The fourth-order valence-corrected chi connectivity index (χ4v) is 5.62. The molecule has 0 amide bonds. The molecule has 4 atom stereocenters. The molecule has 0 saturated carbocycles. The van der Waals surface area contributed by atoms with E-state index in [9.17, 15) is 0 Å². The number of nitrogens with one attached hydrogen (secondary N) is 4. The number of nitrogens with zero attached hydrogens (tertiary/aromatic N) is 2. The van der Waals surface area contributed by atoms with Gasteiger partial charge < -0.3 is 10.3 Å². The molecule has 7 heteroatoms. The molecule has 6 nitrogen and oxygen atoms in total. The van der Waals surface area contributed by atoms with Gasteiger partial charge in [-0.2, -0.15) is 11.3 Å². The molecule has 4 N–H and O–H groups in total. The van der Waals surface area contributed by atoms with Gasteiger partial charge in [-0.3, -0.25) is 10.4 Å². The molecule has 2 fully saturated rings. The summed E-state index contributed by atoms with van der Waals surface area (Å²) in [6.45, 7) is 3.09. The fraction of sp³-hybridized carbons (Fsp3) is 0.304. The van der Waals surface area contributed by atoms with Crippen molar-refractivity contribution in [3.8, 4) is 11.1 Å². The van der Waals surface area contributed by atoms with Crippen LogP contribution in [0, 0.1) is 12.8 Å². The number of hydrogen-bond donors (Lipinski definition) is 4. The van der Waals surface area contributed by atoms with Gasteiger partial charge in [-0.25, -0.2) is 10.4 Å². The lowest BCUT2D eigenvalue weighted by Crippen LogP contribution is -2.46. The Morgan fingerprint density at radius 1 is 1.13 bits per heavy atom. The quantitative estimate of drug-likeness (QED) is 0.408. The van der Waals surface area contributed by atoms with Crippen LogP contribution in [0.25, 0.3) is 22.2 Å². The van der Waals surface area contributed by atoms with Crippen molar-refractivity contribution in [2.75, 3.05) is 6.54 Å². The van der Waals surface area contributed by atoms with Crippen LogP contribution in [-0.4, -0.2) is 27.5 Å². The van der Waals surface area contributed by atoms with Crippen molar-refractivity contribution >= 4 is 22.4 Å². The predicted octanol–water partition coefficient (Wildman–Crippen LogP) is 3.86. The number of thiophene rings is 1. The summed E-state index contributed by atoms with van der Waals surface area (Å²) in [5.41, 5.74) is 14.2. The van der Waals surface area contributed by atoms with E-state index in [2.05, 4.69) is 74.2 Å². The minimum atomic E-state index is 0.152. The van der Waals surface area contributed by atoms with Gasteiger partial charge in [0, 0.05) is 42.5 Å². The zero-order valence-electron chi connectivity index (χ0n) is 16.7. The lowest BCUT2D eigenvalue weighted by Gasteiger charge is -2.34. The van der Waals surface area contributed by atoms with Crippen LogP contribution in [0.2, 0.25) is 0 Å². The molecule has 30 heavy (non-hydrogen) atoms. The number of piperidine rings is 1. The van der Waals surface area contributed by atoms with E-state index in [4.69, 9.17) is 4.98 Å². The van der Waals surface area contributed by atoms with Crippen LogP contribution in [0.5, 0.6) is 0 Å². The van der Waals surface area contributed by atoms with E-state index in [1.807, 2.05) is 12.4 Å². The third-order valence-electron chi connectivity index (χ3n) is 6.57.